The Morgan fingerprint density at radius 1 is 1.08 bits per heavy atom. The second kappa shape index (κ2) is 8.67. The Morgan fingerprint density at radius 2 is 1.88 bits per heavy atom. The molecule has 0 fully saturated rings. The van der Waals surface area contributed by atoms with Gasteiger partial charge >= 0.3 is 6.01 Å². The summed E-state index contributed by atoms with van der Waals surface area (Å²) in [7, 11) is 0. The van der Waals surface area contributed by atoms with E-state index in [9.17, 15) is 4.79 Å². The summed E-state index contributed by atoms with van der Waals surface area (Å²) in [4.78, 5) is 13.1. The Bertz CT molecular complexity index is 878. The van der Waals surface area contributed by atoms with Crippen LogP contribution in [0.5, 0.6) is 0 Å². The number of hydrogen-bond acceptors (Lipinski definition) is 5. The fourth-order valence-electron chi connectivity index (χ4n) is 2.42. The number of thioether (sulfide) groups is 1. The molecular weight excluding hydrogens is 346 g/mol. The Morgan fingerprint density at radius 3 is 2.65 bits per heavy atom. The SMILES string of the molecule is Cc1ccc(Cc2nnc(NC(=O)CCSc3ccccc3)o2)cc1C. The molecule has 134 valence electrons. The number of hydrogen-bond donors (Lipinski definition) is 1. The number of aromatic nitrogens is 2. The highest BCUT2D eigenvalue weighted by Gasteiger charge is 2.11. The average Bonchev–Trinajstić information content (AvgIpc) is 3.06. The Labute approximate surface area is 157 Å². The molecule has 6 heteroatoms. The first kappa shape index (κ1) is 18.2. The Kier molecular flexibility index (Phi) is 6.07. The number of carbonyl (C=O) groups is 1. The molecule has 0 atom stereocenters. The number of amides is 1. The molecule has 0 saturated heterocycles. The molecule has 3 aromatic rings. The number of anilines is 1. The first-order chi connectivity index (χ1) is 12.6. The minimum atomic E-state index is -0.130. The molecule has 2 aromatic carbocycles. The van der Waals surface area contributed by atoms with E-state index in [1.54, 1.807) is 11.8 Å². The van der Waals surface area contributed by atoms with E-state index >= 15 is 0 Å². The molecule has 0 aliphatic rings. The third kappa shape index (κ3) is 5.20. The summed E-state index contributed by atoms with van der Waals surface area (Å²) in [5, 5.41) is 10.6. The van der Waals surface area contributed by atoms with Gasteiger partial charge in [-0.1, -0.05) is 41.5 Å². The number of benzene rings is 2. The summed E-state index contributed by atoms with van der Waals surface area (Å²) < 4.78 is 5.53. The van der Waals surface area contributed by atoms with Crippen LogP contribution >= 0.6 is 11.8 Å². The Balaban J connectivity index is 1.48. The van der Waals surface area contributed by atoms with Crippen molar-refractivity contribution >= 4 is 23.7 Å². The predicted octanol–water partition coefficient (Wildman–Crippen LogP) is 4.40. The monoisotopic (exact) mass is 367 g/mol. The highest BCUT2D eigenvalue weighted by atomic mass is 32.2. The van der Waals surface area contributed by atoms with Gasteiger partial charge in [0.05, 0.1) is 6.42 Å². The number of aryl methyl sites for hydroxylation is 2. The van der Waals surface area contributed by atoms with Crippen molar-refractivity contribution in [1.29, 1.82) is 0 Å². The molecule has 0 aliphatic carbocycles. The van der Waals surface area contributed by atoms with Gasteiger partial charge in [-0.05, 0) is 42.7 Å². The Hall–Kier alpha value is -2.60. The van der Waals surface area contributed by atoms with E-state index in [-0.39, 0.29) is 11.9 Å². The topological polar surface area (TPSA) is 68.0 Å². The fraction of sp³-hybridized carbons (Fsp3) is 0.250. The van der Waals surface area contributed by atoms with Crippen LogP contribution in [0.1, 0.15) is 29.0 Å². The molecule has 0 spiro atoms. The molecule has 26 heavy (non-hydrogen) atoms. The lowest BCUT2D eigenvalue weighted by Crippen LogP contribution is -2.12. The van der Waals surface area contributed by atoms with Crippen LogP contribution in [-0.4, -0.2) is 21.9 Å². The van der Waals surface area contributed by atoms with Crippen LogP contribution in [0, 0.1) is 13.8 Å². The van der Waals surface area contributed by atoms with Gasteiger partial charge in [-0.2, -0.15) is 0 Å². The second-order valence-corrected chi connectivity index (χ2v) is 7.22. The van der Waals surface area contributed by atoms with E-state index in [4.69, 9.17) is 4.42 Å². The maximum atomic E-state index is 12.0. The van der Waals surface area contributed by atoms with Crippen molar-refractivity contribution in [3.63, 3.8) is 0 Å². The van der Waals surface area contributed by atoms with Crippen molar-refractivity contribution in [3.8, 4) is 0 Å². The van der Waals surface area contributed by atoms with Crippen LogP contribution in [0.25, 0.3) is 0 Å². The van der Waals surface area contributed by atoms with Gasteiger partial charge in [-0.15, -0.1) is 16.9 Å². The van der Waals surface area contributed by atoms with E-state index < -0.39 is 0 Å². The van der Waals surface area contributed by atoms with Gasteiger partial charge in [-0.3, -0.25) is 10.1 Å². The van der Waals surface area contributed by atoms with E-state index in [1.807, 2.05) is 36.4 Å². The number of nitrogens with one attached hydrogen (secondary N) is 1. The van der Waals surface area contributed by atoms with Crippen LogP contribution in [-0.2, 0) is 11.2 Å². The van der Waals surface area contributed by atoms with Gasteiger partial charge in [0.2, 0.25) is 11.8 Å². The number of rotatable bonds is 7. The van der Waals surface area contributed by atoms with Crippen molar-refractivity contribution in [2.75, 3.05) is 11.1 Å². The van der Waals surface area contributed by atoms with Crippen molar-refractivity contribution in [2.45, 2.75) is 31.6 Å². The van der Waals surface area contributed by atoms with Crippen LogP contribution < -0.4 is 5.32 Å². The smallest absolute Gasteiger partial charge is 0.322 e. The quantitative estimate of drug-likeness (QED) is 0.627. The van der Waals surface area contributed by atoms with Crippen LogP contribution in [0.15, 0.2) is 57.8 Å². The summed E-state index contributed by atoms with van der Waals surface area (Å²) in [5.41, 5.74) is 3.58. The van der Waals surface area contributed by atoms with Crippen LogP contribution in [0.2, 0.25) is 0 Å². The summed E-state index contributed by atoms with van der Waals surface area (Å²) in [5.74, 6) is 1.05. The zero-order valence-electron chi connectivity index (χ0n) is 14.9. The van der Waals surface area contributed by atoms with E-state index in [0.717, 1.165) is 10.5 Å². The molecule has 0 radical (unpaired) electrons. The van der Waals surface area contributed by atoms with Gasteiger partial charge in [0, 0.05) is 17.1 Å². The van der Waals surface area contributed by atoms with Gasteiger partial charge in [-0.25, -0.2) is 0 Å². The molecule has 1 heterocycles. The molecule has 5 nitrogen and oxygen atoms in total. The zero-order valence-corrected chi connectivity index (χ0v) is 15.7. The molecule has 0 saturated carbocycles. The maximum absolute atomic E-state index is 12.0. The van der Waals surface area contributed by atoms with E-state index in [2.05, 4.69) is 41.5 Å². The molecular formula is C20H21N3O2S. The van der Waals surface area contributed by atoms with Gasteiger partial charge in [0.25, 0.3) is 0 Å². The normalized spacial score (nSPS) is 10.7. The minimum absolute atomic E-state index is 0.130. The van der Waals surface area contributed by atoms with Crippen molar-refractivity contribution in [2.24, 2.45) is 0 Å². The molecule has 1 aromatic heterocycles. The lowest BCUT2D eigenvalue weighted by atomic mass is 10.0. The largest absolute Gasteiger partial charge is 0.407 e. The van der Waals surface area contributed by atoms with Crippen LogP contribution in [0.4, 0.5) is 6.01 Å². The molecule has 0 unspecified atom stereocenters. The standard InChI is InChI=1S/C20H21N3O2S/c1-14-8-9-16(12-15(14)2)13-19-22-23-20(25-19)21-18(24)10-11-26-17-6-4-3-5-7-17/h3-9,12H,10-11,13H2,1-2H3,(H,21,23,24). The number of carbonyl (C=O) groups excluding carboxylic acids is 1. The lowest BCUT2D eigenvalue weighted by Gasteiger charge is -2.03. The van der Waals surface area contributed by atoms with E-state index in [0.29, 0.717) is 24.5 Å². The van der Waals surface area contributed by atoms with Crippen molar-refractivity contribution < 1.29 is 9.21 Å². The third-order valence-electron chi connectivity index (χ3n) is 3.98. The van der Waals surface area contributed by atoms with E-state index in [1.165, 1.54) is 11.1 Å². The summed E-state index contributed by atoms with van der Waals surface area (Å²) in [6, 6.07) is 16.4. The highest BCUT2D eigenvalue weighted by Crippen LogP contribution is 2.18. The van der Waals surface area contributed by atoms with Gasteiger partial charge in [0.15, 0.2) is 0 Å². The molecule has 0 aliphatic heterocycles. The molecule has 0 bridgehead atoms. The summed E-state index contributed by atoms with van der Waals surface area (Å²) in [6.07, 6.45) is 0.933. The summed E-state index contributed by atoms with van der Waals surface area (Å²) >= 11 is 1.64. The molecule has 3 rings (SSSR count). The maximum Gasteiger partial charge on any atom is 0.322 e. The fourth-order valence-corrected chi connectivity index (χ4v) is 3.30. The highest BCUT2D eigenvalue weighted by molar-refractivity contribution is 7.99. The first-order valence-electron chi connectivity index (χ1n) is 8.46. The molecule has 1 amide bonds. The first-order valence-corrected chi connectivity index (χ1v) is 9.45. The van der Waals surface area contributed by atoms with Crippen LogP contribution in [0.3, 0.4) is 0 Å². The van der Waals surface area contributed by atoms with Crippen molar-refractivity contribution in [1.82, 2.24) is 10.2 Å². The minimum Gasteiger partial charge on any atom is -0.407 e. The molecule has 1 N–H and O–H groups in total. The average molecular weight is 367 g/mol. The summed E-state index contributed by atoms with van der Waals surface area (Å²) in [6.45, 7) is 4.15. The second-order valence-electron chi connectivity index (χ2n) is 6.06. The van der Waals surface area contributed by atoms with Gasteiger partial charge < -0.3 is 4.42 Å². The predicted molar refractivity (Wildman–Crippen MR) is 103 cm³/mol. The zero-order chi connectivity index (χ0) is 18.4. The van der Waals surface area contributed by atoms with Crippen molar-refractivity contribution in [3.05, 3.63) is 71.1 Å². The van der Waals surface area contributed by atoms with Gasteiger partial charge in [0.1, 0.15) is 0 Å². The third-order valence-corrected chi connectivity index (χ3v) is 4.99. The number of nitrogens with zero attached hydrogens (tertiary/aromatic N) is 2. The lowest BCUT2D eigenvalue weighted by molar-refractivity contribution is -0.115.